The molecule has 192 valence electrons. The van der Waals surface area contributed by atoms with Crippen molar-refractivity contribution in [2.24, 2.45) is 5.41 Å². The van der Waals surface area contributed by atoms with Crippen molar-refractivity contribution in [1.29, 1.82) is 0 Å². The maximum Gasteiger partial charge on any atom is 0.406 e. The van der Waals surface area contributed by atoms with Crippen LogP contribution in [0, 0.1) is 30.0 Å². The number of nitrogens with zero attached hydrogens (tertiary/aromatic N) is 5. The number of hydrogen-bond acceptors (Lipinski definition) is 4. The van der Waals surface area contributed by atoms with Gasteiger partial charge in [0.25, 0.3) is 11.7 Å². The van der Waals surface area contributed by atoms with Crippen LogP contribution < -0.4 is 4.90 Å². The highest BCUT2D eigenvalue weighted by atomic mass is 35.5. The molecule has 0 spiro atoms. The van der Waals surface area contributed by atoms with Gasteiger partial charge in [-0.25, -0.2) is 13.2 Å². The van der Waals surface area contributed by atoms with Crippen LogP contribution in [0.5, 0.6) is 0 Å². The normalized spacial score (nSPS) is 15.1. The van der Waals surface area contributed by atoms with Crippen molar-refractivity contribution in [2.75, 3.05) is 11.4 Å². The van der Waals surface area contributed by atoms with Gasteiger partial charge in [0, 0.05) is 28.6 Å². The Labute approximate surface area is 212 Å². The van der Waals surface area contributed by atoms with Crippen molar-refractivity contribution in [3.05, 3.63) is 58.6 Å². The molecule has 0 bridgehead atoms. The molecule has 2 heterocycles. The maximum atomic E-state index is 14.6. The molecule has 5 rings (SSSR count). The molecule has 37 heavy (non-hydrogen) atoms. The third-order valence-corrected chi connectivity index (χ3v) is 6.51. The highest BCUT2D eigenvalue weighted by Gasteiger charge is 2.58. The van der Waals surface area contributed by atoms with E-state index in [0.717, 1.165) is 24.0 Å². The predicted molar refractivity (Wildman–Crippen MR) is 127 cm³/mol. The fourth-order valence-electron chi connectivity index (χ4n) is 4.21. The van der Waals surface area contributed by atoms with Crippen LogP contribution in [0.1, 0.15) is 31.2 Å². The van der Waals surface area contributed by atoms with Crippen LogP contribution in [-0.4, -0.2) is 38.2 Å². The van der Waals surface area contributed by atoms with Crippen LogP contribution in [0.15, 0.2) is 36.4 Å². The van der Waals surface area contributed by atoms with Gasteiger partial charge in [0.15, 0.2) is 0 Å². The summed E-state index contributed by atoms with van der Waals surface area (Å²) in [5.41, 5.74) is -1.36. The molecule has 1 aliphatic carbocycles. The van der Waals surface area contributed by atoms with Crippen LogP contribution >= 0.6 is 11.6 Å². The van der Waals surface area contributed by atoms with Crippen molar-refractivity contribution in [1.82, 2.24) is 19.6 Å². The van der Waals surface area contributed by atoms with Gasteiger partial charge in [-0.3, -0.25) is 4.40 Å². The summed E-state index contributed by atoms with van der Waals surface area (Å²) in [6.45, 7) is 0.898. The van der Waals surface area contributed by atoms with E-state index in [1.807, 2.05) is 0 Å². The number of aromatic nitrogens is 4. The van der Waals surface area contributed by atoms with Gasteiger partial charge in [-0.15, -0.1) is 10.2 Å². The first-order chi connectivity index (χ1) is 17.3. The third kappa shape index (κ3) is 4.78. The molecule has 2 aromatic carbocycles. The Morgan fingerprint density at radius 3 is 2.46 bits per heavy atom. The summed E-state index contributed by atoms with van der Waals surface area (Å²) < 4.78 is 85.4. The van der Waals surface area contributed by atoms with Crippen molar-refractivity contribution in [2.45, 2.75) is 38.8 Å². The minimum Gasteiger partial charge on any atom is -0.316 e. The summed E-state index contributed by atoms with van der Waals surface area (Å²) in [5, 5.41) is 8.49. The van der Waals surface area contributed by atoms with Crippen LogP contribution in [-0.2, 0) is 0 Å². The molecule has 1 saturated carbocycles. The third-order valence-electron chi connectivity index (χ3n) is 6.28. The van der Waals surface area contributed by atoms with Gasteiger partial charge in [0.05, 0.1) is 10.9 Å². The molecule has 1 aliphatic rings. The molecular formula is C25H18ClF6N5. The largest absolute Gasteiger partial charge is 0.406 e. The molecule has 0 N–H and O–H groups in total. The van der Waals surface area contributed by atoms with Crippen LogP contribution in [0.4, 0.5) is 37.8 Å². The van der Waals surface area contributed by atoms with Crippen LogP contribution in [0.3, 0.4) is 0 Å². The number of alkyl halides is 5. The molecule has 0 saturated heterocycles. The van der Waals surface area contributed by atoms with E-state index < -0.39 is 29.9 Å². The van der Waals surface area contributed by atoms with E-state index in [4.69, 9.17) is 11.6 Å². The molecule has 4 aromatic rings. The highest BCUT2D eigenvalue weighted by molar-refractivity contribution is 6.31. The second-order valence-electron chi connectivity index (χ2n) is 9.10. The smallest absolute Gasteiger partial charge is 0.316 e. The standard InChI is InChI=1S/C25H18ClF6N5/c1-14-34-35-22-33-21(19-4-3-16(26)11-20(19)37(14)22)36(13-25(30,31)32)18-10-15(9-17(27)12-18)5-6-24(7-8-24)23(2,28)29/h3-4,9-12H,7-8,13H2,1-2H3. The average molecular weight is 538 g/mol. The summed E-state index contributed by atoms with van der Waals surface area (Å²) in [4.78, 5) is 5.10. The lowest BCUT2D eigenvalue weighted by atomic mass is 9.99. The summed E-state index contributed by atoms with van der Waals surface area (Å²) in [6.07, 6.45) is -4.35. The number of benzene rings is 2. The Balaban J connectivity index is 1.70. The van der Waals surface area contributed by atoms with Gasteiger partial charge >= 0.3 is 6.18 Å². The van der Waals surface area contributed by atoms with E-state index >= 15 is 0 Å². The van der Waals surface area contributed by atoms with Gasteiger partial charge in [-0.1, -0.05) is 23.4 Å². The van der Waals surface area contributed by atoms with Gasteiger partial charge in [-0.2, -0.15) is 18.2 Å². The van der Waals surface area contributed by atoms with Crippen molar-refractivity contribution in [3.8, 4) is 11.8 Å². The molecule has 0 radical (unpaired) electrons. The lowest BCUT2D eigenvalue weighted by Gasteiger charge is -2.27. The lowest BCUT2D eigenvalue weighted by molar-refractivity contribution is -0.118. The number of hydrogen-bond donors (Lipinski definition) is 0. The van der Waals surface area contributed by atoms with E-state index in [0.29, 0.717) is 16.4 Å². The Morgan fingerprint density at radius 2 is 1.81 bits per heavy atom. The van der Waals surface area contributed by atoms with Gasteiger partial charge in [-0.05, 0) is 56.2 Å². The van der Waals surface area contributed by atoms with Gasteiger partial charge in [0.2, 0.25) is 0 Å². The quantitative estimate of drug-likeness (QED) is 0.211. The Hall–Kier alpha value is -3.52. The van der Waals surface area contributed by atoms with Crippen LogP contribution in [0.25, 0.3) is 16.7 Å². The highest BCUT2D eigenvalue weighted by Crippen LogP contribution is 2.56. The minimum atomic E-state index is -4.71. The van der Waals surface area contributed by atoms with Crippen molar-refractivity contribution >= 4 is 39.8 Å². The Kier molecular flexibility index (Phi) is 5.79. The SMILES string of the molecule is Cc1nnc2nc(N(CC(F)(F)F)c3cc(F)cc(C#CC4(C(C)(F)F)CC4)c3)c3ccc(Cl)cc3n12. The van der Waals surface area contributed by atoms with Crippen molar-refractivity contribution in [3.63, 3.8) is 0 Å². The maximum absolute atomic E-state index is 14.6. The molecule has 2 aromatic heterocycles. The number of aryl methyl sites for hydroxylation is 1. The number of fused-ring (bicyclic) bond motifs is 3. The molecular weight excluding hydrogens is 520 g/mol. The minimum absolute atomic E-state index is 0.0201. The van der Waals surface area contributed by atoms with E-state index in [1.165, 1.54) is 18.2 Å². The lowest BCUT2D eigenvalue weighted by Crippen LogP contribution is -2.31. The fourth-order valence-corrected chi connectivity index (χ4v) is 4.37. The first-order valence-electron chi connectivity index (χ1n) is 11.1. The first kappa shape index (κ1) is 25.1. The van der Waals surface area contributed by atoms with Gasteiger partial charge < -0.3 is 4.90 Å². The second-order valence-corrected chi connectivity index (χ2v) is 9.54. The number of rotatable bonds is 4. The second kappa shape index (κ2) is 8.52. The Bertz CT molecular complexity index is 1590. The van der Waals surface area contributed by atoms with E-state index in [1.54, 1.807) is 17.4 Å². The van der Waals surface area contributed by atoms with E-state index in [9.17, 15) is 26.3 Å². The molecule has 5 nitrogen and oxygen atoms in total. The molecule has 0 unspecified atom stereocenters. The first-order valence-corrected chi connectivity index (χ1v) is 11.5. The topological polar surface area (TPSA) is 46.3 Å². The summed E-state index contributed by atoms with van der Waals surface area (Å²) >= 11 is 6.16. The average Bonchev–Trinajstić information content (AvgIpc) is 3.51. The summed E-state index contributed by atoms with van der Waals surface area (Å²) in [5.74, 6) is 1.41. The van der Waals surface area contributed by atoms with Crippen molar-refractivity contribution < 1.29 is 26.3 Å². The molecule has 0 atom stereocenters. The molecule has 0 aliphatic heterocycles. The predicted octanol–water partition coefficient (Wildman–Crippen LogP) is 6.87. The summed E-state index contributed by atoms with van der Waals surface area (Å²) in [6, 6.07) is 7.65. The van der Waals surface area contributed by atoms with E-state index in [-0.39, 0.29) is 41.1 Å². The fraction of sp³-hybridized carbons (Fsp3) is 0.320. The molecule has 0 amide bonds. The number of halogens is 7. The number of anilines is 2. The monoisotopic (exact) mass is 537 g/mol. The zero-order chi connectivity index (χ0) is 26.8. The molecule has 12 heteroatoms. The van der Waals surface area contributed by atoms with Gasteiger partial charge in [0.1, 0.15) is 24.0 Å². The summed E-state index contributed by atoms with van der Waals surface area (Å²) in [7, 11) is 0. The zero-order valence-electron chi connectivity index (χ0n) is 19.5. The molecule has 1 fully saturated rings. The Morgan fingerprint density at radius 1 is 1.08 bits per heavy atom. The van der Waals surface area contributed by atoms with E-state index in [2.05, 4.69) is 27.0 Å². The zero-order valence-corrected chi connectivity index (χ0v) is 20.2. The van der Waals surface area contributed by atoms with Crippen LogP contribution in [0.2, 0.25) is 5.02 Å².